The Hall–Kier alpha value is -2.53. The molecule has 0 aromatic heterocycles. The molecule has 2 N–H and O–H groups in total. The standard InChI is InChI=1S/C16H16N2O3/c19-15(18-13-6-2-1-3-7-13)10-17-9-12-5-4-8-14-16(12)21-11-20-14/h1-8,17H,9-11H2,(H,18,19). The maximum Gasteiger partial charge on any atom is 0.238 e. The quantitative estimate of drug-likeness (QED) is 0.883. The van der Waals surface area contributed by atoms with Gasteiger partial charge < -0.3 is 20.1 Å². The second kappa shape index (κ2) is 6.28. The van der Waals surface area contributed by atoms with E-state index < -0.39 is 0 Å². The van der Waals surface area contributed by atoms with E-state index in [-0.39, 0.29) is 19.2 Å². The van der Waals surface area contributed by atoms with Crippen LogP contribution >= 0.6 is 0 Å². The van der Waals surface area contributed by atoms with Gasteiger partial charge >= 0.3 is 0 Å². The summed E-state index contributed by atoms with van der Waals surface area (Å²) in [6.45, 7) is 1.04. The predicted octanol–water partition coefficient (Wildman–Crippen LogP) is 2.14. The lowest BCUT2D eigenvalue weighted by molar-refractivity contribution is -0.115. The summed E-state index contributed by atoms with van der Waals surface area (Å²) in [5.41, 5.74) is 1.78. The Morgan fingerprint density at radius 2 is 1.90 bits per heavy atom. The molecule has 5 nitrogen and oxygen atoms in total. The number of carbonyl (C=O) groups excluding carboxylic acids is 1. The van der Waals surface area contributed by atoms with Gasteiger partial charge in [0.15, 0.2) is 11.5 Å². The highest BCUT2D eigenvalue weighted by molar-refractivity contribution is 5.92. The summed E-state index contributed by atoms with van der Waals surface area (Å²) in [5, 5.41) is 5.93. The number of ether oxygens (including phenoxy) is 2. The van der Waals surface area contributed by atoms with Crippen LogP contribution < -0.4 is 20.1 Å². The van der Waals surface area contributed by atoms with Gasteiger partial charge in [-0.1, -0.05) is 30.3 Å². The number of hydrogen-bond donors (Lipinski definition) is 2. The van der Waals surface area contributed by atoms with E-state index in [1.54, 1.807) is 0 Å². The highest BCUT2D eigenvalue weighted by Crippen LogP contribution is 2.35. The van der Waals surface area contributed by atoms with Gasteiger partial charge in [-0.05, 0) is 18.2 Å². The van der Waals surface area contributed by atoms with Gasteiger partial charge in [0.2, 0.25) is 12.7 Å². The van der Waals surface area contributed by atoms with E-state index in [0.29, 0.717) is 6.54 Å². The molecule has 0 aliphatic carbocycles. The van der Waals surface area contributed by atoms with Crippen molar-refractivity contribution in [2.75, 3.05) is 18.7 Å². The molecule has 1 aliphatic heterocycles. The second-order valence-corrected chi connectivity index (χ2v) is 4.67. The molecular weight excluding hydrogens is 268 g/mol. The van der Waals surface area contributed by atoms with Crippen molar-refractivity contribution >= 4 is 11.6 Å². The molecule has 0 radical (unpaired) electrons. The summed E-state index contributed by atoms with van der Waals surface area (Å²) in [5.74, 6) is 1.43. The fourth-order valence-corrected chi connectivity index (χ4v) is 2.17. The lowest BCUT2D eigenvalue weighted by atomic mass is 10.2. The molecule has 0 saturated carbocycles. The van der Waals surface area contributed by atoms with Crippen LogP contribution in [0.3, 0.4) is 0 Å². The number of anilines is 1. The van der Waals surface area contributed by atoms with E-state index in [0.717, 1.165) is 22.7 Å². The zero-order chi connectivity index (χ0) is 14.5. The number of carbonyl (C=O) groups is 1. The van der Waals surface area contributed by atoms with Gasteiger partial charge in [0, 0.05) is 17.8 Å². The molecule has 0 unspecified atom stereocenters. The maximum absolute atomic E-state index is 11.8. The van der Waals surface area contributed by atoms with Crippen molar-refractivity contribution in [1.29, 1.82) is 0 Å². The fraction of sp³-hybridized carbons (Fsp3) is 0.188. The minimum Gasteiger partial charge on any atom is -0.454 e. The number of benzene rings is 2. The summed E-state index contributed by atoms with van der Waals surface area (Å²) in [6.07, 6.45) is 0. The van der Waals surface area contributed by atoms with Crippen LogP contribution in [0.4, 0.5) is 5.69 Å². The van der Waals surface area contributed by atoms with Crippen LogP contribution in [-0.2, 0) is 11.3 Å². The summed E-state index contributed by atoms with van der Waals surface area (Å²) >= 11 is 0. The second-order valence-electron chi connectivity index (χ2n) is 4.67. The number of hydrogen-bond acceptors (Lipinski definition) is 4. The van der Waals surface area contributed by atoms with Crippen molar-refractivity contribution in [3.63, 3.8) is 0 Å². The van der Waals surface area contributed by atoms with Crippen molar-refractivity contribution in [2.24, 2.45) is 0 Å². The van der Waals surface area contributed by atoms with E-state index in [2.05, 4.69) is 10.6 Å². The first-order valence-corrected chi connectivity index (χ1v) is 6.76. The Kier molecular flexibility index (Phi) is 4.02. The van der Waals surface area contributed by atoms with Crippen molar-refractivity contribution in [3.8, 4) is 11.5 Å². The average Bonchev–Trinajstić information content (AvgIpc) is 2.97. The van der Waals surface area contributed by atoms with Crippen LogP contribution in [0.5, 0.6) is 11.5 Å². The molecule has 21 heavy (non-hydrogen) atoms. The van der Waals surface area contributed by atoms with Crippen LogP contribution in [0, 0.1) is 0 Å². The molecule has 0 saturated heterocycles. The highest BCUT2D eigenvalue weighted by Gasteiger charge is 2.16. The van der Waals surface area contributed by atoms with Gasteiger partial charge in [-0.25, -0.2) is 0 Å². The van der Waals surface area contributed by atoms with Gasteiger partial charge in [-0.15, -0.1) is 0 Å². The predicted molar refractivity (Wildman–Crippen MR) is 79.3 cm³/mol. The van der Waals surface area contributed by atoms with E-state index >= 15 is 0 Å². The van der Waals surface area contributed by atoms with E-state index in [4.69, 9.17) is 9.47 Å². The van der Waals surface area contributed by atoms with E-state index in [1.807, 2.05) is 48.5 Å². The molecular formula is C16H16N2O3. The van der Waals surface area contributed by atoms with E-state index in [1.165, 1.54) is 0 Å². The first-order valence-electron chi connectivity index (χ1n) is 6.76. The monoisotopic (exact) mass is 284 g/mol. The van der Waals surface area contributed by atoms with Crippen LogP contribution in [0.1, 0.15) is 5.56 Å². The zero-order valence-electron chi connectivity index (χ0n) is 11.5. The Balaban J connectivity index is 1.50. The first-order chi connectivity index (χ1) is 10.3. The molecule has 2 aromatic rings. The number of para-hydroxylation sites is 2. The van der Waals surface area contributed by atoms with Crippen molar-refractivity contribution in [3.05, 3.63) is 54.1 Å². The SMILES string of the molecule is O=C(CNCc1cccc2c1OCO2)Nc1ccccc1. The van der Waals surface area contributed by atoms with Gasteiger partial charge in [-0.2, -0.15) is 0 Å². The fourth-order valence-electron chi connectivity index (χ4n) is 2.17. The smallest absolute Gasteiger partial charge is 0.238 e. The summed E-state index contributed by atoms with van der Waals surface area (Å²) in [7, 11) is 0. The van der Waals surface area contributed by atoms with Gasteiger partial charge in [0.25, 0.3) is 0 Å². The largest absolute Gasteiger partial charge is 0.454 e. The van der Waals surface area contributed by atoms with Gasteiger partial charge in [0.05, 0.1) is 6.54 Å². The van der Waals surface area contributed by atoms with Crippen LogP contribution in [0.15, 0.2) is 48.5 Å². The topological polar surface area (TPSA) is 59.6 Å². The molecule has 0 spiro atoms. The molecule has 0 fully saturated rings. The molecule has 1 amide bonds. The van der Waals surface area contributed by atoms with Gasteiger partial charge in [-0.3, -0.25) is 4.79 Å². The lowest BCUT2D eigenvalue weighted by Crippen LogP contribution is -2.27. The molecule has 0 bridgehead atoms. The molecule has 5 heteroatoms. The molecule has 1 heterocycles. The van der Waals surface area contributed by atoms with E-state index in [9.17, 15) is 4.79 Å². The summed E-state index contributed by atoms with van der Waals surface area (Å²) < 4.78 is 10.7. The molecule has 3 rings (SSSR count). The first kappa shape index (κ1) is 13.5. The minimum absolute atomic E-state index is 0.0778. The third kappa shape index (κ3) is 3.32. The molecule has 2 aromatic carbocycles. The van der Waals surface area contributed by atoms with Crippen LogP contribution in [-0.4, -0.2) is 19.2 Å². The Bertz CT molecular complexity index is 629. The third-order valence-electron chi connectivity index (χ3n) is 3.14. The average molecular weight is 284 g/mol. The molecule has 0 atom stereocenters. The molecule has 1 aliphatic rings. The van der Waals surface area contributed by atoms with Crippen molar-refractivity contribution < 1.29 is 14.3 Å². The number of amides is 1. The maximum atomic E-state index is 11.8. The normalized spacial score (nSPS) is 12.2. The number of rotatable bonds is 5. The zero-order valence-corrected chi connectivity index (χ0v) is 11.5. The Morgan fingerprint density at radius 1 is 1.05 bits per heavy atom. The van der Waals surface area contributed by atoms with Crippen molar-refractivity contribution in [2.45, 2.75) is 6.54 Å². The number of nitrogens with one attached hydrogen (secondary N) is 2. The Morgan fingerprint density at radius 3 is 2.76 bits per heavy atom. The Labute approximate surface area is 122 Å². The summed E-state index contributed by atoms with van der Waals surface area (Å²) in [4.78, 5) is 11.8. The van der Waals surface area contributed by atoms with Crippen LogP contribution in [0.2, 0.25) is 0 Å². The summed E-state index contributed by atoms with van der Waals surface area (Å²) in [6, 6.07) is 15.1. The van der Waals surface area contributed by atoms with Crippen LogP contribution in [0.25, 0.3) is 0 Å². The third-order valence-corrected chi connectivity index (χ3v) is 3.14. The van der Waals surface area contributed by atoms with Crippen molar-refractivity contribution in [1.82, 2.24) is 5.32 Å². The van der Waals surface area contributed by atoms with Gasteiger partial charge in [0.1, 0.15) is 0 Å². The molecule has 108 valence electrons. The minimum atomic E-state index is -0.0778. The number of fused-ring (bicyclic) bond motifs is 1. The highest BCUT2D eigenvalue weighted by atomic mass is 16.7. The lowest BCUT2D eigenvalue weighted by Gasteiger charge is -2.08.